The van der Waals surface area contributed by atoms with E-state index in [1.54, 1.807) is 0 Å². The number of piperazine rings is 1. The fourth-order valence-electron chi connectivity index (χ4n) is 2.46. The molecule has 0 spiro atoms. The quantitative estimate of drug-likeness (QED) is 0.610. The van der Waals surface area contributed by atoms with Gasteiger partial charge in [0, 0.05) is 25.2 Å². The molecule has 0 saturated carbocycles. The number of carbonyl (C=O) groups excluding carboxylic acids is 1. The highest BCUT2D eigenvalue weighted by atomic mass is 16.5. The van der Waals surface area contributed by atoms with Crippen LogP contribution in [0.2, 0.25) is 0 Å². The van der Waals surface area contributed by atoms with E-state index < -0.39 is 0 Å². The smallest absolute Gasteiger partial charge is 0.251 e. The molecule has 0 aromatic heterocycles. The molecule has 1 amide bonds. The lowest BCUT2D eigenvalue weighted by molar-refractivity contribution is -0.164. The van der Waals surface area contributed by atoms with Crippen molar-refractivity contribution < 1.29 is 9.53 Å². The van der Waals surface area contributed by atoms with Crippen molar-refractivity contribution in [3.05, 3.63) is 0 Å². The van der Waals surface area contributed by atoms with Gasteiger partial charge < -0.3 is 9.64 Å². The van der Waals surface area contributed by atoms with E-state index >= 15 is 0 Å². The molecule has 0 radical (unpaired) electrons. The summed E-state index contributed by atoms with van der Waals surface area (Å²) < 4.78 is 5.50. The zero-order chi connectivity index (χ0) is 11.9. The average molecular weight is 226 g/mol. The maximum atomic E-state index is 11.9. The van der Waals surface area contributed by atoms with Crippen LogP contribution < -0.4 is 0 Å². The second-order valence-electron chi connectivity index (χ2n) is 5.78. The fraction of sp³-hybridized carbons (Fsp3) is 0.917. The Balaban J connectivity index is 2.05. The second kappa shape index (κ2) is 4.00. The molecule has 2 aliphatic rings. The standard InChI is InChI=1S/C12H22N2O2/c1-9-11(15)14-6-5-13(12(2,3)4)7-10(14)8-16-9/h9-10H,5-8H2,1-4H3. The molecule has 4 nitrogen and oxygen atoms in total. The Bertz CT molecular complexity index is 285. The van der Waals surface area contributed by atoms with Gasteiger partial charge in [-0.05, 0) is 27.7 Å². The number of hydrogen-bond donors (Lipinski definition) is 0. The summed E-state index contributed by atoms with van der Waals surface area (Å²) >= 11 is 0. The molecule has 2 aliphatic heterocycles. The van der Waals surface area contributed by atoms with Crippen LogP contribution in [0, 0.1) is 0 Å². The Hall–Kier alpha value is -0.610. The highest BCUT2D eigenvalue weighted by Gasteiger charge is 2.39. The van der Waals surface area contributed by atoms with E-state index in [-0.39, 0.29) is 23.6 Å². The molecule has 0 aromatic rings. The Labute approximate surface area is 97.5 Å². The van der Waals surface area contributed by atoms with Crippen molar-refractivity contribution in [3.63, 3.8) is 0 Å². The molecule has 2 saturated heterocycles. The summed E-state index contributed by atoms with van der Waals surface area (Å²) in [5.74, 6) is 0.157. The molecule has 2 atom stereocenters. The lowest BCUT2D eigenvalue weighted by Gasteiger charge is -2.49. The molecule has 4 heteroatoms. The van der Waals surface area contributed by atoms with Crippen LogP contribution in [0.3, 0.4) is 0 Å². The summed E-state index contributed by atoms with van der Waals surface area (Å²) in [6.45, 7) is 11.9. The van der Waals surface area contributed by atoms with Gasteiger partial charge in [0.15, 0.2) is 0 Å². The Morgan fingerprint density at radius 2 is 2.00 bits per heavy atom. The van der Waals surface area contributed by atoms with Gasteiger partial charge in [0.1, 0.15) is 6.10 Å². The normalized spacial score (nSPS) is 32.8. The highest BCUT2D eigenvalue weighted by molar-refractivity contribution is 5.81. The number of carbonyl (C=O) groups is 1. The topological polar surface area (TPSA) is 32.8 Å². The molecule has 2 rings (SSSR count). The number of fused-ring (bicyclic) bond motifs is 1. The van der Waals surface area contributed by atoms with Crippen LogP contribution in [0.5, 0.6) is 0 Å². The number of ether oxygens (including phenoxy) is 1. The minimum Gasteiger partial charge on any atom is -0.366 e. The van der Waals surface area contributed by atoms with E-state index in [4.69, 9.17) is 4.74 Å². The summed E-state index contributed by atoms with van der Waals surface area (Å²) in [4.78, 5) is 16.3. The van der Waals surface area contributed by atoms with Gasteiger partial charge in [-0.2, -0.15) is 0 Å². The van der Waals surface area contributed by atoms with Crippen molar-refractivity contribution in [1.29, 1.82) is 0 Å². The SMILES string of the molecule is CC1OCC2CN(C(C)(C)C)CCN2C1=O. The van der Waals surface area contributed by atoms with Crippen LogP contribution in [0.15, 0.2) is 0 Å². The third kappa shape index (κ3) is 2.09. The first-order chi connectivity index (χ1) is 7.39. The second-order valence-corrected chi connectivity index (χ2v) is 5.78. The van der Waals surface area contributed by atoms with Crippen molar-refractivity contribution in [2.75, 3.05) is 26.2 Å². The summed E-state index contributed by atoms with van der Waals surface area (Å²) in [6, 6.07) is 0.247. The summed E-state index contributed by atoms with van der Waals surface area (Å²) in [5.41, 5.74) is 0.179. The minimum absolute atomic E-state index is 0.157. The maximum Gasteiger partial charge on any atom is 0.251 e. The lowest BCUT2D eigenvalue weighted by Crippen LogP contribution is -2.64. The number of amides is 1. The van der Waals surface area contributed by atoms with Crippen molar-refractivity contribution in [1.82, 2.24) is 9.80 Å². The van der Waals surface area contributed by atoms with E-state index in [1.165, 1.54) is 0 Å². The van der Waals surface area contributed by atoms with Gasteiger partial charge in [-0.1, -0.05) is 0 Å². The largest absolute Gasteiger partial charge is 0.366 e. The molecule has 16 heavy (non-hydrogen) atoms. The van der Waals surface area contributed by atoms with Gasteiger partial charge in [0.2, 0.25) is 0 Å². The Kier molecular flexibility index (Phi) is 2.97. The monoisotopic (exact) mass is 226 g/mol. The van der Waals surface area contributed by atoms with Crippen LogP contribution in [-0.2, 0) is 9.53 Å². The van der Waals surface area contributed by atoms with Crippen LogP contribution in [-0.4, -0.2) is 59.6 Å². The highest BCUT2D eigenvalue weighted by Crippen LogP contribution is 2.23. The van der Waals surface area contributed by atoms with Gasteiger partial charge in [0.25, 0.3) is 5.91 Å². The van der Waals surface area contributed by atoms with Crippen LogP contribution in [0.25, 0.3) is 0 Å². The van der Waals surface area contributed by atoms with E-state index in [0.29, 0.717) is 6.61 Å². The molecule has 2 fully saturated rings. The number of nitrogens with zero attached hydrogens (tertiary/aromatic N) is 2. The first-order valence-electron chi connectivity index (χ1n) is 6.07. The summed E-state index contributed by atoms with van der Waals surface area (Å²) in [5, 5.41) is 0. The number of hydrogen-bond acceptors (Lipinski definition) is 3. The van der Waals surface area contributed by atoms with Gasteiger partial charge in [-0.3, -0.25) is 9.69 Å². The van der Waals surface area contributed by atoms with Crippen molar-refractivity contribution in [2.24, 2.45) is 0 Å². The third-order valence-corrected chi connectivity index (χ3v) is 3.60. The van der Waals surface area contributed by atoms with Crippen molar-refractivity contribution >= 4 is 5.91 Å². The molecular formula is C12H22N2O2. The van der Waals surface area contributed by atoms with Crippen LogP contribution >= 0.6 is 0 Å². The minimum atomic E-state index is -0.252. The van der Waals surface area contributed by atoms with Crippen molar-refractivity contribution in [3.8, 4) is 0 Å². The predicted molar refractivity (Wildman–Crippen MR) is 62.2 cm³/mol. The molecular weight excluding hydrogens is 204 g/mol. The number of rotatable bonds is 0. The van der Waals surface area contributed by atoms with Gasteiger partial charge in [-0.15, -0.1) is 0 Å². The van der Waals surface area contributed by atoms with E-state index in [0.717, 1.165) is 19.6 Å². The number of morpholine rings is 1. The van der Waals surface area contributed by atoms with E-state index in [1.807, 2.05) is 11.8 Å². The fourth-order valence-corrected chi connectivity index (χ4v) is 2.46. The zero-order valence-electron chi connectivity index (χ0n) is 10.7. The van der Waals surface area contributed by atoms with Crippen molar-refractivity contribution in [2.45, 2.75) is 45.4 Å². The first kappa shape index (κ1) is 11.9. The molecule has 92 valence electrons. The first-order valence-corrected chi connectivity index (χ1v) is 6.07. The van der Waals surface area contributed by atoms with E-state index in [2.05, 4.69) is 25.7 Å². The summed E-state index contributed by atoms with van der Waals surface area (Å²) in [6.07, 6.45) is -0.252. The molecule has 2 heterocycles. The Morgan fingerprint density at radius 3 is 2.62 bits per heavy atom. The van der Waals surface area contributed by atoms with Gasteiger partial charge in [0.05, 0.1) is 12.6 Å². The third-order valence-electron chi connectivity index (χ3n) is 3.60. The van der Waals surface area contributed by atoms with Crippen LogP contribution in [0.1, 0.15) is 27.7 Å². The van der Waals surface area contributed by atoms with Gasteiger partial charge >= 0.3 is 0 Å². The molecule has 0 aliphatic carbocycles. The molecule has 0 bridgehead atoms. The summed E-state index contributed by atoms with van der Waals surface area (Å²) in [7, 11) is 0. The average Bonchev–Trinajstić information content (AvgIpc) is 2.22. The Morgan fingerprint density at radius 1 is 1.31 bits per heavy atom. The maximum absolute atomic E-state index is 11.9. The van der Waals surface area contributed by atoms with E-state index in [9.17, 15) is 4.79 Å². The molecule has 0 aromatic carbocycles. The lowest BCUT2D eigenvalue weighted by atomic mass is 10.0. The predicted octanol–water partition coefficient (Wildman–Crippen LogP) is 0.716. The zero-order valence-corrected chi connectivity index (χ0v) is 10.7. The molecule has 0 N–H and O–H groups in total. The van der Waals surface area contributed by atoms with Crippen LogP contribution in [0.4, 0.5) is 0 Å². The molecule has 2 unspecified atom stereocenters. The van der Waals surface area contributed by atoms with Gasteiger partial charge in [-0.25, -0.2) is 0 Å².